The Kier molecular flexibility index (Phi) is 24.2. The molecule has 0 saturated heterocycles. The van der Waals surface area contributed by atoms with Crippen molar-refractivity contribution >= 4 is 57.4 Å². The molecule has 0 aromatic rings. The van der Waals surface area contributed by atoms with Gasteiger partial charge < -0.3 is 5.11 Å². The zero-order valence-corrected chi connectivity index (χ0v) is 7.97. The van der Waals surface area contributed by atoms with Crippen molar-refractivity contribution < 1.29 is 26.7 Å². The molecule has 0 atom stereocenters. The topological polar surface area (TPSA) is 37.3 Å². The van der Waals surface area contributed by atoms with Crippen LogP contribution in [0.3, 0.4) is 0 Å². The molecule has 2 nitrogen and oxygen atoms in total. The van der Waals surface area contributed by atoms with Gasteiger partial charge in [-0.2, -0.15) is 0 Å². The summed E-state index contributed by atoms with van der Waals surface area (Å²) in [4.78, 5) is 10.0. The number of aliphatic carboxylic acids is 1. The summed E-state index contributed by atoms with van der Waals surface area (Å²) >= 11 is 0. The van der Waals surface area contributed by atoms with E-state index < -0.39 is 5.97 Å². The van der Waals surface area contributed by atoms with Crippen LogP contribution in [-0.2, 0) is 21.6 Å². The molecule has 12 heavy (non-hydrogen) atoms. The van der Waals surface area contributed by atoms with E-state index in [4.69, 9.17) is 5.11 Å². The molecule has 0 rings (SSSR count). The number of hydrogen-bond acceptors (Lipinski definition) is 1. The Bertz CT molecular complexity index is 99.1. The molecular formula is C8H17CoKO2. The average molecular weight is 243 g/mol. The number of carbonyl (C=O) groups is 1. The van der Waals surface area contributed by atoms with Gasteiger partial charge in [0.1, 0.15) is 0 Å². The second-order valence-corrected chi connectivity index (χ2v) is 2.56. The molecule has 0 saturated carbocycles. The minimum absolute atomic E-state index is 0. The van der Waals surface area contributed by atoms with E-state index in [-0.39, 0.29) is 68.2 Å². The van der Waals surface area contributed by atoms with Crippen LogP contribution in [-0.4, -0.2) is 62.5 Å². The Morgan fingerprint density at radius 3 is 2.08 bits per heavy atom. The van der Waals surface area contributed by atoms with Crippen LogP contribution in [0.15, 0.2) is 0 Å². The molecule has 0 spiro atoms. The van der Waals surface area contributed by atoms with Crippen molar-refractivity contribution in [2.24, 2.45) is 0 Å². The third-order valence-electron chi connectivity index (χ3n) is 1.49. The molecule has 0 heterocycles. The van der Waals surface area contributed by atoms with Crippen molar-refractivity contribution in [2.75, 3.05) is 0 Å². The molecule has 0 aliphatic carbocycles. The molecule has 0 unspecified atom stereocenters. The van der Waals surface area contributed by atoms with Gasteiger partial charge in [0.2, 0.25) is 0 Å². The Hall–Kier alpha value is 1.61. The quantitative estimate of drug-likeness (QED) is 0.570. The first-order chi connectivity index (χ1) is 4.77. The van der Waals surface area contributed by atoms with E-state index in [1.54, 1.807) is 0 Å². The van der Waals surface area contributed by atoms with E-state index in [1.165, 1.54) is 19.3 Å². The van der Waals surface area contributed by atoms with Crippen molar-refractivity contribution in [3.05, 3.63) is 0 Å². The first kappa shape index (κ1) is 19.2. The summed E-state index contributed by atoms with van der Waals surface area (Å²) in [6.07, 6.45) is 5.88. The van der Waals surface area contributed by atoms with Crippen LogP contribution in [0.2, 0.25) is 0 Å². The van der Waals surface area contributed by atoms with Crippen LogP contribution in [0, 0.1) is 0 Å². The maximum absolute atomic E-state index is 10.0. The van der Waals surface area contributed by atoms with Crippen LogP contribution < -0.4 is 0 Å². The van der Waals surface area contributed by atoms with Crippen LogP contribution in [0.1, 0.15) is 45.4 Å². The number of carboxylic acids is 1. The summed E-state index contributed by atoms with van der Waals surface area (Å²) in [6, 6.07) is 0. The first-order valence-electron chi connectivity index (χ1n) is 3.99. The number of hydrogen-bond donors (Lipinski definition) is 1. The average Bonchev–Trinajstić information content (AvgIpc) is 1.87. The van der Waals surface area contributed by atoms with E-state index in [2.05, 4.69) is 6.92 Å². The number of carboxylic acid groups (broad SMARTS) is 1. The molecule has 0 amide bonds. The molecule has 0 aromatic carbocycles. The molecule has 71 valence electrons. The molecule has 0 aliphatic rings. The molecule has 0 aliphatic heterocycles. The third kappa shape index (κ3) is 17.6. The summed E-state index contributed by atoms with van der Waals surface area (Å²) < 4.78 is 0. The number of unbranched alkanes of at least 4 members (excludes halogenated alkanes) is 4. The Balaban J connectivity index is -0.000000405. The van der Waals surface area contributed by atoms with Gasteiger partial charge in [0.25, 0.3) is 0 Å². The van der Waals surface area contributed by atoms with Gasteiger partial charge >= 0.3 is 57.4 Å². The second-order valence-electron chi connectivity index (χ2n) is 2.56. The van der Waals surface area contributed by atoms with Crippen LogP contribution >= 0.6 is 0 Å². The predicted octanol–water partition coefficient (Wildman–Crippen LogP) is 1.78. The van der Waals surface area contributed by atoms with Gasteiger partial charge in [-0.3, -0.25) is 4.79 Å². The molecule has 1 N–H and O–H groups in total. The van der Waals surface area contributed by atoms with E-state index in [9.17, 15) is 4.79 Å². The molecule has 1 radical (unpaired) electrons. The summed E-state index contributed by atoms with van der Waals surface area (Å²) in [5, 5.41) is 8.27. The molecule has 0 bridgehead atoms. The van der Waals surface area contributed by atoms with E-state index >= 15 is 0 Å². The number of rotatable bonds is 6. The summed E-state index contributed by atoms with van der Waals surface area (Å²) in [5.41, 5.74) is 0. The fraction of sp³-hybridized carbons (Fsp3) is 0.875. The van der Waals surface area contributed by atoms with Crippen molar-refractivity contribution in [2.45, 2.75) is 45.4 Å². The van der Waals surface area contributed by atoms with E-state index in [0.717, 1.165) is 12.8 Å². The van der Waals surface area contributed by atoms with E-state index in [0.29, 0.717) is 6.42 Å². The van der Waals surface area contributed by atoms with Crippen molar-refractivity contribution in [3.8, 4) is 0 Å². The van der Waals surface area contributed by atoms with Gasteiger partial charge in [-0.15, -0.1) is 0 Å². The van der Waals surface area contributed by atoms with Gasteiger partial charge in [0, 0.05) is 23.2 Å². The van der Waals surface area contributed by atoms with Crippen molar-refractivity contribution in [1.29, 1.82) is 0 Å². The van der Waals surface area contributed by atoms with Gasteiger partial charge in [-0.25, -0.2) is 0 Å². The second kappa shape index (κ2) is 15.1. The normalized spacial score (nSPS) is 8.08. The monoisotopic (exact) mass is 243 g/mol. The molecule has 4 heteroatoms. The van der Waals surface area contributed by atoms with Crippen molar-refractivity contribution in [1.82, 2.24) is 0 Å². The van der Waals surface area contributed by atoms with Crippen LogP contribution in [0.25, 0.3) is 0 Å². The van der Waals surface area contributed by atoms with Gasteiger partial charge in [0.05, 0.1) is 0 Å². The standard InChI is InChI=1S/C8H16O2.Co.K.H/c1-2-3-4-5-6-7-8(9)10;;;/h2-7H2,1H3,(H,9,10);;;. The SMILES string of the molecule is CCCCCCCC(=O)O.[Co].[KH]. The van der Waals surface area contributed by atoms with Crippen molar-refractivity contribution in [3.63, 3.8) is 0 Å². The maximum atomic E-state index is 10.0. The van der Waals surface area contributed by atoms with E-state index in [1.807, 2.05) is 0 Å². The summed E-state index contributed by atoms with van der Waals surface area (Å²) in [7, 11) is 0. The minimum atomic E-state index is -0.670. The Morgan fingerprint density at radius 2 is 1.67 bits per heavy atom. The third-order valence-corrected chi connectivity index (χ3v) is 1.49. The fourth-order valence-electron chi connectivity index (χ4n) is 0.880. The van der Waals surface area contributed by atoms with Crippen LogP contribution in [0.4, 0.5) is 0 Å². The summed E-state index contributed by atoms with van der Waals surface area (Å²) in [5.74, 6) is -0.670. The van der Waals surface area contributed by atoms with Crippen LogP contribution in [0.5, 0.6) is 0 Å². The zero-order chi connectivity index (χ0) is 7.82. The van der Waals surface area contributed by atoms with Gasteiger partial charge in [0.15, 0.2) is 0 Å². The first-order valence-corrected chi connectivity index (χ1v) is 3.99. The summed E-state index contributed by atoms with van der Waals surface area (Å²) in [6.45, 7) is 2.15. The van der Waals surface area contributed by atoms with Gasteiger partial charge in [-0.05, 0) is 6.42 Å². The zero-order valence-electron chi connectivity index (χ0n) is 6.93. The van der Waals surface area contributed by atoms with Gasteiger partial charge in [-0.1, -0.05) is 32.6 Å². The Labute approximate surface area is 127 Å². The molecule has 0 fully saturated rings. The fourth-order valence-corrected chi connectivity index (χ4v) is 0.880. The molecular weight excluding hydrogens is 226 g/mol. The molecule has 0 aromatic heterocycles. The Morgan fingerprint density at radius 1 is 1.17 bits per heavy atom. The predicted molar refractivity (Wildman–Crippen MR) is 48.2 cm³/mol.